The van der Waals surface area contributed by atoms with Crippen molar-refractivity contribution >= 4 is 0 Å². The van der Waals surface area contributed by atoms with Crippen molar-refractivity contribution in [1.29, 1.82) is 0 Å². The molecule has 6 heteroatoms. The van der Waals surface area contributed by atoms with Crippen LogP contribution in [0, 0.1) is 0 Å². The Bertz CT molecular complexity index is 1100. The Balaban J connectivity index is 1.37. The number of quaternary nitrogens is 1. The molecule has 0 spiro atoms. The van der Waals surface area contributed by atoms with Gasteiger partial charge in [0.25, 0.3) is 5.89 Å². The largest absolute Gasteiger partial charge is 0.493 e. The van der Waals surface area contributed by atoms with Gasteiger partial charge in [-0.3, -0.25) is 0 Å². The molecule has 158 valence electrons. The summed E-state index contributed by atoms with van der Waals surface area (Å²) in [5, 5.41) is 4.09. The van der Waals surface area contributed by atoms with Crippen molar-refractivity contribution in [3.63, 3.8) is 0 Å². The van der Waals surface area contributed by atoms with Crippen LogP contribution in [-0.2, 0) is 19.7 Å². The normalized spacial score (nSPS) is 11.8. The van der Waals surface area contributed by atoms with E-state index in [2.05, 4.69) is 23.3 Å². The van der Waals surface area contributed by atoms with Crippen molar-refractivity contribution in [2.45, 2.75) is 19.7 Å². The fourth-order valence-corrected chi connectivity index (χ4v) is 3.38. The summed E-state index contributed by atoms with van der Waals surface area (Å²) < 4.78 is 16.9. The second kappa shape index (κ2) is 9.91. The van der Waals surface area contributed by atoms with Crippen LogP contribution in [0.25, 0.3) is 11.4 Å². The van der Waals surface area contributed by atoms with E-state index < -0.39 is 0 Å². The van der Waals surface area contributed by atoms with Gasteiger partial charge in [0.1, 0.15) is 13.2 Å². The summed E-state index contributed by atoms with van der Waals surface area (Å²) in [6.45, 7) is 1.93. The van der Waals surface area contributed by atoms with Gasteiger partial charge in [0.05, 0.1) is 14.2 Å². The van der Waals surface area contributed by atoms with E-state index in [1.165, 1.54) is 4.90 Å². The summed E-state index contributed by atoms with van der Waals surface area (Å²) in [4.78, 5) is 5.75. The molecule has 1 aromatic heterocycles. The smallest absolute Gasteiger partial charge is 0.282 e. The second-order valence-electron chi connectivity index (χ2n) is 7.45. The molecule has 3 aromatic carbocycles. The highest BCUT2D eigenvalue weighted by molar-refractivity contribution is 5.53. The number of ether oxygens (including phenoxy) is 2. The average molecular weight is 417 g/mol. The molecule has 1 atom stereocenters. The zero-order chi connectivity index (χ0) is 21.5. The van der Waals surface area contributed by atoms with Crippen molar-refractivity contribution in [3.8, 4) is 22.9 Å². The molecule has 4 rings (SSSR count). The molecule has 0 saturated heterocycles. The first-order valence-corrected chi connectivity index (χ1v) is 10.2. The van der Waals surface area contributed by atoms with Gasteiger partial charge < -0.3 is 18.9 Å². The molecule has 0 amide bonds. The predicted octanol–water partition coefficient (Wildman–Crippen LogP) is 3.54. The van der Waals surface area contributed by atoms with Crippen LogP contribution in [0.3, 0.4) is 0 Å². The van der Waals surface area contributed by atoms with E-state index in [0.717, 1.165) is 34.7 Å². The number of nitrogens with one attached hydrogen (secondary N) is 1. The van der Waals surface area contributed by atoms with Crippen LogP contribution in [0.1, 0.15) is 17.0 Å². The summed E-state index contributed by atoms with van der Waals surface area (Å²) in [5.74, 6) is 2.69. The summed E-state index contributed by atoms with van der Waals surface area (Å²) in [6, 6.07) is 26.0. The molecule has 1 heterocycles. The summed E-state index contributed by atoms with van der Waals surface area (Å²) >= 11 is 0. The Labute approximate surface area is 182 Å². The van der Waals surface area contributed by atoms with Gasteiger partial charge >= 0.3 is 0 Å². The highest BCUT2D eigenvalue weighted by atomic mass is 16.5. The Morgan fingerprint density at radius 1 is 0.839 bits per heavy atom. The van der Waals surface area contributed by atoms with Gasteiger partial charge in [-0.2, -0.15) is 4.98 Å². The Hall–Kier alpha value is -3.64. The number of hydrogen-bond acceptors (Lipinski definition) is 5. The van der Waals surface area contributed by atoms with E-state index in [-0.39, 0.29) is 0 Å². The van der Waals surface area contributed by atoms with Crippen LogP contribution in [-0.4, -0.2) is 24.3 Å². The summed E-state index contributed by atoms with van der Waals surface area (Å²) in [7, 11) is 3.76. The standard InChI is InChI=1S/C25H25N3O3/c1-28(17-24-26-25(27-31-24)21-11-7-4-8-12-21)16-20-13-14-22(23(15-20)29-2)30-18-19-9-5-3-6-10-19/h3-15H,16-18H2,1-2H3/p+1. The van der Waals surface area contributed by atoms with Gasteiger partial charge in [-0.15, -0.1) is 0 Å². The third kappa shape index (κ3) is 5.49. The minimum atomic E-state index is 0.503. The third-order valence-electron chi connectivity index (χ3n) is 4.92. The number of benzene rings is 3. The molecule has 0 saturated carbocycles. The van der Waals surface area contributed by atoms with Crippen molar-refractivity contribution < 1.29 is 18.9 Å². The van der Waals surface area contributed by atoms with Gasteiger partial charge in [-0.1, -0.05) is 65.8 Å². The molecule has 0 radical (unpaired) electrons. The molecule has 31 heavy (non-hydrogen) atoms. The highest BCUT2D eigenvalue weighted by Crippen LogP contribution is 2.28. The molecular formula is C25H26N3O3+. The molecule has 0 aliphatic heterocycles. The quantitative estimate of drug-likeness (QED) is 0.452. The average Bonchev–Trinajstić information content (AvgIpc) is 3.27. The lowest BCUT2D eigenvalue weighted by atomic mass is 10.2. The molecule has 6 nitrogen and oxygen atoms in total. The maximum atomic E-state index is 5.95. The zero-order valence-corrected chi connectivity index (χ0v) is 17.7. The molecule has 0 bridgehead atoms. The molecule has 0 aliphatic rings. The zero-order valence-electron chi connectivity index (χ0n) is 17.7. The topological polar surface area (TPSA) is 61.8 Å². The van der Waals surface area contributed by atoms with Gasteiger partial charge in [-0.25, -0.2) is 0 Å². The molecule has 1 N–H and O–H groups in total. The van der Waals surface area contributed by atoms with E-state index in [4.69, 9.17) is 14.0 Å². The lowest BCUT2D eigenvalue weighted by Crippen LogP contribution is -3.06. The lowest BCUT2D eigenvalue weighted by Gasteiger charge is -2.15. The van der Waals surface area contributed by atoms with E-state index in [1.807, 2.05) is 72.8 Å². The first-order valence-electron chi connectivity index (χ1n) is 10.2. The number of nitrogens with zero attached hydrogens (tertiary/aromatic N) is 2. The fourth-order valence-electron chi connectivity index (χ4n) is 3.38. The first kappa shape index (κ1) is 20.6. The Morgan fingerprint density at radius 3 is 2.32 bits per heavy atom. The van der Waals surface area contributed by atoms with Crippen LogP contribution in [0.4, 0.5) is 0 Å². The SMILES string of the molecule is COc1cc(C[NH+](C)Cc2nc(-c3ccccc3)no2)ccc1OCc1ccccc1. The van der Waals surface area contributed by atoms with Crippen molar-refractivity contribution in [2.75, 3.05) is 14.2 Å². The number of aromatic nitrogens is 2. The van der Waals surface area contributed by atoms with Crippen molar-refractivity contribution in [1.82, 2.24) is 10.1 Å². The van der Waals surface area contributed by atoms with Crippen molar-refractivity contribution in [2.24, 2.45) is 0 Å². The van der Waals surface area contributed by atoms with Crippen LogP contribution < -0.4 is 14.4 Å². The second-order valence-corrected chi connectivity index (χ2v) is 7.45. The molecule has 0 aliphatic carbocycles. The number of methoxy groups -OCH3 is 1. The fraction of sp³-hybridized carbons (Fsp3) is 0.200. The van der Waals surface area contributed by atoms with E-state index in [0.29, 0.717) is 24.9 Å². The van der Waals surface area contributed by atoms with Crippen LogP contribution in [0.15, 0.2) is 83.4 Å². The minimum Gasteiger partial charge on any atom is -0.493 e. The van der Waals surface area contributed by atoms with E-state index in [9.17, 15) is 0 Å². The maximum absolute atomic E-state index is 5.95. The van der Waals surface area contributed by atoms with Crippen molar-refractivity contribution in [3.05, 3.63) is 95.9 Å². The van der Waals surface area contributed by atoms with E-state index >= 15 is 0 Å². The number of rotatable bonds is 9. The predicted molar refractivity (Wildman–Crippen MR) is 118 cm³/mol. The third-order valence-corrected chi connectivity index (χ3v) is 4.92. The first-order chi connectivity index (χ1) is 15.2. The van der Waals surface area contributed by atoms with Gasteiger partial charge in [0.2, 0.25) is 5.82 Å². The molecule has 0 fully saturated rings. The number of hydrogen-bond donors (Lipinski definition) is 1. The summed E-state index contributed by atoms with van der Waals surface area (Å²) in [5.41, 5.74) is 3.21. The molecule has 4 aromatic rings. The van der Waals surface area contributed by atoms with Gasteiger partial charge in [0, 0.05) is 11.1 Å². The van der Waals surface area contributed by atoms with Crippen LogP contribution in [0.2, 0.25) is 0 Å². The van der Waals surface area contributed by atoms with Gasteiger partial charge in [0.15, 0.2) is 18.0 Å². The lowest BCUT2D eigenvalue weighted by molar-refractivity contribution is -0.909. The molecule has 1 unspecified atom stereocenters. The minimum absolute atomic E-state index is 0.503. The monoisotopic (exact) mass is 416 g/mol. The van der Waals surface area contributed by atoms with Crippen LogP contribution in [0.5, 0.6) is 11.5 Å². The summed E-state index contributed by atoms with van der Waals surface area (Å²) in [6.07, 6.45) is 0. The van der Waals surface area contributed by atoms with E-state index in [1.54, 1.807) is 7.11 Å². The highest BCUT2D eigenvalue weighted by Gasteiger charge is 2.15. The maximum Gasteiger partial charge on any atom is 0.282 e. The van der Waals surface area contributed by atoms with Crippen LogP contribution >= 0.6 is 0 Å². The Morgan fingerprint density at radius 2 is 1.58 bits per heavy atom. The van der Waals surface area contributed by atoms with Gasteiger partial charge in [-0.05, 0) is 23.8 Å². The Kier molecular flexibility index (Phi) is 6.59. The molecular weight excluding hydrogens is 390 g/mol.